The number of aromatic nitrogens is 2. The Labute approximate surface area is 108 Å². The average molecular weight is 261 g/mol. The third kappa shape index (κ3) is 2.78. The first kappa shape index (κ1) is 12.4. The Hall–Kier alpha value is -2.08. The minimum atomic E-state index is -0.258. The van der Waals surface area contributed by atoms with Crippen LogP contribution in [0.4, 0.5) is 5.13 Å². The Balaban J connectivity index is 2.08. The van der Waals surface area contributed by atoms with Crippen molar-refractivity contribution in [2.45, 2.75) is 13.3 Å². The Morgan fingerprint density at radius 1 is 1.33 bits per heavy atom. The molecule has 5 nitrogen and oxygen atoms in total. The molecule has 0 aliphatic rings. The highest BCUT2D eigenvalue weighted by atomic mass is 32.1. The molecule has 0 radical (unpaired) electrons. The van der Waals surface area contributed by atoms with Gasteiger partial charge in [0.05, 0.1) is 0 Å². The Kier molecular flexibility index (Phi) is 3.78. The fourth-order valence-electron chi connectivity index (χ4n) is 1.33. The molecule has 0 unspecified atom stereocenters. The third-order valence-electron chi connectivity index (χ3n) is 2.30. The van der Waals surface area contributed by atoms with Gasteiger partial charge in [-0.15, -0.1) is 10.2 Å². The molecule has 2 aromatic rings. The second-order valence-electron chi connectivity index (χ2n) is 3.55. The summed E-state index contributed by atoms with van der Waals surface area (Å²) in [5.74, 6) is -0.258. The average Bonchev–Trinajstić information content (AvgIpc) is 2.86. The molecule has 0 bridgehead atoms. The van der Waals surface area contributed by atoms with Gasteiger partial charge in [0, 0.05) is 11.1 Å². The Morgan fingerprint density at radius 3 is 2.61 bits per heavy atom. The van der Waals surface area contributed by atoms with Crippen LogP contribution < -0.4 is 5.32 Å². The molecule has 0 spiro atoms. The minimum Gasteiger partial charge on any atom is -0.298 e. The number of rotatable bonds is 4. The fraction of sp³-hybridized carbons (Fsp3) is 0.167. The number of hydrogen-bond acceptors (Lipinski definition) is 5. The monoisotopic (exact) mass is 261 g/mol. The SMILES string of the molecule is CCc1nnc(NC(=O)c2ccc(C=O)cc2)s1. The second kappa shape index (κ2) is 5.50. The molecule has 0 saturated heterocycles. The van der Waals surface area contributed by atoms with E-state index in [9.17, 15) is 9.59 Å². The highest BCUT2D eigenvalue weighted by molar-refractivity contribution is 7.15. The molecule has 1 aromatic carbocycles. The number of benzene rings is 1. The summed E-state index contributed by atoms with van der Waals surface area (Å²) in [6.07, 6.45) is 1.53. The number of aldehydes is 1. The second-order valence-corrected chi connectivity index (χ2v) is 4.61. The normalized spacial score (nSPS) is 10.1. The third-order valence-corrected chi connectivity index (χ3v) is 3.28. The van der Waals surface area contributed by atoms with E-state index in [1.54, 1.807) is 24.3 Å². The summed E-state index contributed by atoms with van der Waals surface area (Å²) < 4.78 is 0. The number of nitrogens with zero attached hydrogens (tertiary/aromatic N) is 2. The van der Waals surface area contributed by atoms with Gasteiger partial charge < -0.3 is 0 Å². The molecule has 2 rings (SSSR count). The Bertz CT molecular complexity index is 563. The smallest absolute Gasteiger partial charge is 0.257 e. The van der Waals surface area contributed by atoms with Crippen molar-refractivity contribution in [1.29, 1.82) is 0 Å². The molecule has 0 fully saturated rings. The quantitative estimate of drug-likeness (QED) is 0.856. The van der Waals surface area contributed by atoms with E-state index < -0.39 is 0 Å². The Morgan fingerprint density at radius 2 is 2.06 bits per heavy atom. The molecule has 1 aromatic heterocycles. The van der Waals surface area contributed by atoms with Crippen LogP contribution in [-0.4, -0.2) is 22.4 Å². The lowest BCUT2D eigenvalue weighted by atomic mass is 10.1. The summed E-state index contributed by atoms with van der Waals surface area (Å²) in [5, 5.41) is 11.8. The van der Waals surface area contributed by atoms with Gasteiger partial charge in [0.15, 0.2) is 0 Å². The van der Waals surface area contributed by atoms with E-state index in [0.29, 0.717) is 16.3 Å². The maximum absolute atomic E-state index is 11.9. The van der Waals surface area contributed by atoms with Gasteiger partial charge in [0.25, 0.3) is 5.91 Å². The van der Waals surface area contributed by atoms with Gasteiger partial charge in [-0.25, -0.2) is 0 Å². The first-order valence-electron chi connectivity index (χ1n) is 5.42. The number of hydrogen-bond donors (Lipinski definition) is 1. The summed E-state index contributed by atoms with van der Waals surface area (Å²) in [6, 6.07) is 6.39. The van der Waals surface area contributed by atoms with Crippen molar-refractivity contribution in [2.24, 2.45) is 0 Å². The maximum atomic E-state index is 11.9. The van der Waals surface area contributed by atoms with Crippen molar-refractivity contribution in [3.8, 4) is 0 Å². The van der Waals surface area contributed by atoms with Crippen LogP contribution >= 0.6 is 11.3 Å². The molecule has 0 aliphatic heterocycles. The number of anilines is 1. The molecule has 0 saturated carbocycles. The summed E-state index contributed by atoms with van der Waals surface area (Å²) in [6.45, 7) is 1.98. The van der Waals surface area contributed by atoms with Gasteiger partial charge >= 0.3 is 0 Å². The summed E-state index contributed by atoms with van der Waals surface area (Å²) >= 11 is 1.35. The van der Waals surface area contributed by atoms with Gasteiger partial charge in [-0.05, 0) is 18.6 Å². The predicted molar refractivity (Wildman–Crippen MR) is 69.1 cm³/mol. The zero-order valence-corrected chi connectivity index (χ0v) is 10.5. The largest absolute Gasteiger partial charge is 0.298 e. The molecule has 18 heavy (non-hydrogen) atoms. The summed E-state index contributed by atoms with van der Waals surface area (Å²) in [7, 11) is 0. The van der Waals surface area contributed by atoms with E-state index in [2.05, 4.69) is 15.5 Å². The molecule has 92 valence electrons. The molecular weight excluding hydrogens is 250 g/mol. The van der Waals surface area contributed by atoms with Gasteiger partial charge in [-0.3, -0.25) is 14.9 Å². The predicted octanol–water partition coefficient (Wildman–Crippen LogP) is 2.17. The van der Waals surface area contributed by atoms with E-state index in [4.69, 9.17) is 0 Å². The van der Waals surface area contributed by atoms with E-state index in [1.807, 2.05) is 6.92 Å². The van der Waals surface area contributed by atoms with Crippen LogP contribution in [0.15, 0.2) is 24.3 Å². The summed E-state index contributed by atoms with van der Waals surface area (Å²) in [4.78, 5) is 22.3. The first-order valence-corrected chi connectivity index (χ1v) is 6.23. The standard InChI is InChI=1S/C12H11N3O2S/c1-2-10-14-15-12(18-10)13-11(17)9-5-3-8(7-16)4-6-9/h3-7H,2H2,1H3,(H,13,15,17). The highest BCUT2D eigenvalue weighted by Crippen LogP contribution is 2.16. The van der Waals surface area contributed by atoms with Gasteiger partial charge in [-0.2, -0.15) is 0 Å². The maximum Gasteiger partial charge on any atom is 0.257 e. The molecule has 0 aliphatic carbocycles. The van der Waals surface area contributed by atoms with Crippen molar-refractivity contribution < 1.29 is 9.59 Å². The molecule has 6 heteroatoms. The van der Waals surface area contributed by atoms with Gasteiger partial charge in [0.2, 0.25) is 5.13 Å². The molecule has 0 atom stereocenters. The van der Waals surface area contributed by atoms with Crippen molar-refractivity contribution in [3.63, 3.8) is 0 Å². The molecule has 1 N–H and O–H groups in total. The van der Waals surface area contributed by atoms with E-state index in [1.165, 1.54) is 11.3 Å². The topological polar surface area (TPSA) is 72.0 Å². The lowest BCUT2D eigenvalue weighted by Crippen LogP contribution is -2.11. The van der Waals surface area contributed by atoms with Crippen molar-refractivity contribution in [2.75, 3.05) is 5.32 Å². The number of aryl methyl sites for hydroxylation is 1. The van der Waals surface area contributed by atoms with E-state index >= 15 is 0 Å². The zero-order chi connectivity index (χ0) is 13.0. The zero-order valence-electron chi connectivity index (χ0n) is 9.71. The number of amides is 1. The summed E-state index contributed by atoms with van der Waals surface area (Å²) in [5.41, 5.74) is 1.02. The fourth-order valence-corrected chi connectivity index (χ4v) is 2.00. The van der Waals surface area contributed by atoms with E-state index in [0.717, 1.165) is 17.7 Å². The van der Waals surface area contributed by atoms with Crippen LogP contribution in [0, 0.1) is 0 Å². The van der Waals surface area contributed by atoms with Crippen LogP contribution in [-0.2, 0) is 6.42 Å². The van der Waals surface area contributed by atoms with Crippen LogP contribution in [0.2, 0.25) is 0 Å². The van der Waals surface area contributed by atoms with Crippen molar-refractivity contribution in [1.82, 2.24) is 10.2 Å². The van der Waals surface area contributed by atoms with E-state index in [-0.39, 0.29) is 5.91 Å². The van der Waals surface area contributed by atoms with Crippen molar-refractivity contribution in [3.05, 3.63) is 40.4 Å². The van der Waals surface area contributed by atoms with Gasteiger partial charge in [0.1, 0.15) is 11.3 Å². The van der Waals surface area contributed by atoms with Crippen LogP contribution in [0.25, 0.3) is 0 Å². The lowest BCUT2D eigenvalue weighted by molar-refractivity contribution is 0.102. The van der Waals surface area contributed by atoms with Crippen LogP contribution in [0.5, 0.6) is 0 Å². The minimum absolute atomic E-state index is 0.258. The molecule has 1 heterocycles. The number of carbonyl (C=O) groups is 2. The highest BCUT2D eigenvalue weighted by Gasteiger charge is 2.09. The van der Waals surface area contributed by atoms with Crippen molar-refractivity contribution >= 4 is 28.7 Å². The van der Waals surface area contributed by atoms with Gasteiger partial charge in [-0.1, -0.05) is 30.4 Å². The first-order chi connectivity index (χ1) is 8.72. The molecule has 1 amide bonds. The lowest BCUT2D eigenvalue weighted by Gasteiger charge is -2.00. The van der Waals surface area contributed by atoms with Crippen LogP contribution in [0.3, 0.4) is 0 Å². The number of carbonyl (C=O) groups excluding carboxylic acids is 2. The molecular formula is C12H11N3O2S. The van der Waals surface area contributed by atoms with Crippen LogP contribution in [0.1, 0.15) is 32.6 Å². The number of nitrogens with one attached hydrogen (secondary N) is 1.